The lowest BCUT2D eigenvalue weighted by molar-refractivity contribution is 0.194. The summed E-state index contributed by atoms with van der Waals surface area (Å²) < 4.78 is 0. The fraction of sp³-hybridized carbons (Fsp3) is 0.429. The SMILES string of the molecule is CC(O)Cc1nccnc1N. The highest BCUT2D eigenvalue weighted by Crippen LogP contribution is 2.05. The Kier molecular flexibility index (Phi) is 2.38. The van der Waals surface area contributed by atoms with Crippen molar-refractivity contribution in [2.45, 2.75) is 19.4 Å². The Morgan fingerprint density at radius 1 is 1.55 bits per heavy atom. The van der Waals surface area contributed by atoms with Gasteiger partial charge in [0.25, 0.3) is 0 Å². The zero-order valence-electron chi connectivity index (χ0n) is 6.36. The molecular weight excluding hydrogens is 142 g/mol. The Balaban J connectivity index is 2.78. The van der Waals surface area contributed by atoms with Gasteiger partial charge < -0.3 is 10.8 Å². The van der Waals surface area contributed by atoms with Gasteiger partial charge in [0.05, 0.1) is 11.8 Å². The maximum atomic E-state index is 9.01. The molecule has 1 heterocycles. The molecule has 1 atom stereocenters. The zero-order valence-corrected chi connectivity index (χ0v) is 6.36. The molecule has 0 saturated carbocycles. The molecule has 0 amide bonds. The molecule has 1 rings (SSSR count). The summed E-state index contributed by atoms with van der Waals surface area (Å²) in [5.41, 5.74) is 6.14. The molecule has 1 aromatic heterocycles. The van der Waals surface area contributed by atoms with Crippen molar-refractivity contribution < 1.29 is 5.11 Å². The van der Waals surface area contributed by atoms with Crippen LogP contribution in [-0.4, -0.2) is 21.2 Å². The normalized spacial score (nSPS) is 12.9. The molecule has 0 aliphatic heterocycles. The standard InChI is InChI=1S/C7H11N3O/c1-5(11)4-6-7(8)10-3-2-9-6/h2-3,5,11H,4H2,1H3,(H2,8,10). The van der Waals surface area contributed by atoms with E-state index in [1.165, 1.54) is 6.20 Å². The Morgan fingerprint density at radius 2 is 2.18 bits per heavy atom. The molecule has 1 unspecified atom stereocenters. The van der Waals surface area contributed by atoms with Crippen LogP contribution in [0.3, 0.4) is 0 Å². The first kappa shape index (κ1) is 7.94. The minimum absolute atomic E-state index is 0.397. The first-order valence-electron chi connectivity index (χ1n) is 3.43. The lowest BCUT2D eigenvalue weighted by Crippen LogP contribution is -2.09. The molecule has 3 N–H and O–H groups in total. The second-order valence-corrected chi connectivity index (χ2v) is 2.44. The molecule has 60 valence electrons. The van der Waals surface area contributed by atoms with Gasteiger partial charge in [0.15, 0.2) is 0 Å². The predicted octanol–water partition coefficient (Wildman–Crippen LogP) is -0.0179. The summed E-state index contributed by atoms with van der Waals surface area (Å²) in [6.07, 6.45) is 3.13. The van der Waals surface area contributed by atoms with Gasteiger partial charge in [0.2, 0.25) is 0 Å². The van der Waals surface area contributed by atoms with Crippen molar-refractivity contribution in [1.82, 2.24) is 9.97 Å². The van der Waals surface area contributed by atoms with Crippen molar-refractivity contribution in [1.29, 1.82) is 0 Å². The molecule has 0 spiro atoms. The van der Waals surface area contributed by atoms with Gasteiger partial charge in [0.1, 0.15) is 5.82 Å². The Morgan fingerprint density at radius 3 is 2.73 bits per heavy atom. The van der Waals surface area contributed by atoms with Crippen LogP contribution in [0.4, 0.5) is 5.82 Å². The number of aliphatic hydroxyl groups excluding tert-OH is 1. The topological polar surface area (TPSA) is 72.0 Å². The number of nitrogen functional groups attached to an aromatic ring is 1. The van der Waals surface area contributed by atoms with Gasteiger partial charge in [-0.25, -0.2) is 4.98 Å². The predicted molar refractivity (Wildman–Crippen MR) is 41.8 cm³/mol. The van der Waals surface area contributed by atoms with Crippen LogP contribution in [-0.2, 0) is 6.42 Å². The van der Waals surface area contributed by atoms with E-state index in [9.17, 15) is 0 Å². The summed E-state index contributed by atoms with van der Waals surface area (Å²) in [7, 11) is 0. The van der Waals surface area contributed by atoms with E-state index in [2.05, 4.69) is 9.97 Å². The molecule has 0 saturated heterocycles. The Hall–Kier alpha value is -1.16. The minimum Gasteiger partial charge on any atom is -0.393 e. The van der Waals surface area contributed by atoms with E-state index in [1.54, 1.807) is 13.1 Å². The quantitative estimate of drug-likeness (QED) is 0.626. The monoisotopic (exact) mass is 153 g/mol. The number of nitrogens with zero attached hydrogens (tertiary/aromatic N) is 2. The van der Waals surface area contributed by atoms with Gasteiger partial charge in [-0.1, -0.05) is 0 Å². The van der Waals surface area contributed by atoms with E-state index in [4.69, 9.17) is 10.8 Å². The molecule has 0 aromatic carbocycles. The third kappa shape index (κ3) is 2.16. The number of hydrogen-bond acceptors (Lipinski definition) is 4. The molecule has 4 heteroatoms. The van der Waals surface area contributed by atoms with Crippen LogP contribution in [0.15, 0.2) is 12.4 Å². The van der Waals surface area contributed by atoms with Crippen molar-refractivity contribution in [3.05, 3.63) is 18.1 Å². The number of anilines is 1. The van der Waals surface area contributed by atoms with Gasteiger partial charge in [-0.05, 0) is 6.92 Å². The van der Waals surface area contributed by atoms with Gasteiger partial charge in [-0.15, -0.1) is 0 Å². The number of rotatable bonds is 2. The van der Waals surface area contributed by atoms with Gasteiger partial charge in [-0.3, -0.25) is 4.98 Å². The summed E-state index contributed by atoms with van der Waals surface area (Å²) in [6, 6.07) is 0. The molecule has 11 heavy (non-hydrogen) atoms. The fourth-order valence-electron chi connectivity index (χ4n) is 0.815. The Labute approximate surface area is 65.1 Å². The van der Waals surface area contributed by atoms with Gasteiger partial charge in [-0.2, -0.15) is 0 Å². The van der Waals surface area contributed by atoms with Crippen molar-refractivity contribution in [3.8, 4) is 0 Å². The van der Waals surface area contributed by atoms with E-state index < -0.39 is 6.10 Å². The summed E-state index contributed by atoms with van der Waals surface area (Å²) in [5, 5.41) is 9.01. The molecule has 0 radical (unpaired) electrons. The van der Waals surface area contributed by atoms with Crippen LogP contribution in [0, 0.1) is 0 Å². The summed E-state index contributed by atoms with van der Waals surface area (Å²) in [5.74, 6) is 0.397. The van der Waals surface area contributed by atoms with Crippen molar-refractivity contribution >= 4 is 5.82 Å². The van der Waals surface area contributed by atoms with Crippen LogP contribution in [0.25, 0.3) is 0 Å². The average Bonchev–Trinajstić information content (AvgIpc) is 1.93. The summed E-state index contributed by atoms with van der Waals surface area (Å²) in [6.45, 7) is 1.69. The van der Waals surface area contributed by atoms with Crippen LogP contribution < -0.4 is 5.73 Å². The van der Waals surface area contributed by atoms with Gasteiger partial charge >= 0.3 is 0 Å². The van der Waals surface area contributed by atoms with Crippen molar-refractivity contribution in [2.24, 2.45) is 0 Å². The third-order valence-corrected chi connectivity index (χ3v) is 1.30. The largest absolute Gasteiger partial charge is 0.393 e. The molecule has 0 fully saturated rings. The third-order valence-electron chi connectivity index (χ3n) is 1.30. The first-order chi connectivity index (χ1) is 5.20. The molecule has 4 nitrogen and oxygen atoms in total. The number of aromatic nitrogens is 2. The molecule has 1 aromatic rings. The number of nitrogens with two attached hydrogens (primary N) is 1. The van der Waals surface area contributed by atoms with Crippen LogP contribution in [0.5, 0.6) is 0 Å². The van der Waals surface area contributed by atoms with E-state index in [1.807, 2.05) is 0 Å². The number of aliphatic hydroxyl groups is 1. The first-order valence-corrected chi connectivity index (χ1v) is 3.43. The second kappa shape index (κ2) is 3.30. The van der Waals surface area contributed by atoms with Crippen LogP contribution in [0.2, 0.25) is 0 Å². The summed E-state index contributed by atoms with van der Waals surface area (Å²) >= 11 is 0. The second-order valence-electron chi connectivity index (χ2n) is 2.44. The lowest BCUT2D eigenvalue weighted by Gasteiger charge is -2.04. The number of hydrogen-bond donors (Lipinski definition) is 2. The highest BCUT2D eigenvalue weighted by Gasteiger charge is 2.03. The average molecular weight is 153 g/mol. The highest BCUT2D eigenvalue weighted by molar-refractivity contribution is 5.33. The van der Waals surface area contributed by atoms with Crippen molar-refractivity contribution in [2.75, 3.05) is 5.73 Å². The molecular formula is C7H11N3O. The molecule has 0 aliphatic rings. The van der Waals surface area contributed by atoms with Crippen LogP contribution >= 0.6 is 0 Å². The van der Waals surface area contributed by atoms with Crippen molar-refractivity contribution in [3.63, 3.8) is 0 Å². The maximum absolute atomic E-state index is 9.01. The highest BCUT2D eigenvalue weighted by atomic mass is 16.3. The summed E-state index contributed by atoms with van der Waals surface area (Å²) in [4.78, 5) is 7.81. The van der Waals surface area contributed by atoms with E-state index in [0.29, 0.717) is 17.9 Å². The van der Waals surface area contributed by atoms with Crippen LogP contribution in [0.1, 0.15) is 12.6 Å². The molecule has 0 aliphatic carbocycles. The van der Waals surface area contributed by atoms with E-state index in [-0.39, 0.29) is 0 Å². The van der Waals surface area contributed by atoms with E-state index in [0.717, 1.165) is 0 Å². The van der Waals surface area contributed by atoms with E-state index >= 15 is 0 Å². The lowest BCUT2D eigenvalue weighted by atomic mass is 10.2. The molecule has 0 bridgehead atoms. The minimum atomic E-state index is -0.422. The fourth-order valence-corrected chi connectivity index (χ4v) is 0.815. The van der Waals surface area contributed by atoms with Gasteiger partial charge in [0, 0.05) is 18.8 Å². The smallest absolute Gasteiger partial charge is 0.145 e. The maximum Gasteiger partial charge on any atom is 0.145 e. The zero-order chi connectivity index (χ0) is 8.27. The Bertz CT molecular complexity index is 237.